The van der Waals surface area contributed by atoms with Crippen LogP contribution in [0, 0.1) is 13.8 Å². The smallest absolute Gasteiger partial charge is 0.264 e. The van der Waals surface area contributed by atoms with Crippen LogP contribution in [-0.4, -0.2) is 51.4 Å². The van der Waals surface area contributed by atoms with Crippen molar-refractivity contribution in [3.63, 3.8) is 0 Å². The van der Waals surface area contributed by atoms with Crippen molar-refractivity contribution >= 4 is 27.5 Å². The van der Waals surface area contributed by atoms with Crippen LogP contribution in [0.5, 0.6) is 5.75 Å². The highest BCUT2D eigenvalue weighted by Crippen LogP contribution is 2.29. The van der Waals surface area contributed by atoms with E-state index in [2.05, 4.69) is 5.32 Å². The van der Waals surface area contributed by atoms with Crippen molar-refractivity contribution in [2.45, 2.75) is 45.2 Å². The van der Waals surface area contributed by atoms with Crippen LogP contribution >= 0.6 is 0 Å². The first-order valence-electron chi connectivity index (χ1n) is 12.4. The minimum absolute atomic E-state index is 0.0761. The summed E-state index contributed by atoms with van der Waals surface area (Å²) in [6.07, 6.45) is 0. The molecule has 0 heterocycles. The minimum Gasteiger partial charge on any atom is -0.497 e. The van der Waals surface area contributed by atoms with Crippen LogP contribution in [0.3, 0.4) is 0 Å². The van der Waals surface area contributed by atoms with Gasteiger partial charge in [-0.05, 0) is 74.7 Å². The van der Waals surface area contributed by atoms with Gasteiger partial charge >= 0.3 is 0 Å². The normalized spacial score (nSPS) is 11.9. The van der Waals surface area contributed by atoms with Gasteiger partial charge in [0.15, 0.2) is 0 Å². The SMILES string of the molecule is CCNC(=O)[C@@H](C)N(Cc1ccc(OC)cc1)C(=O)CN(c1cccc(C)c1C)S(=O)(=O)c1ccccc1. The third-order valence-electron chi connectivity index (χ3n) is 6.49. The van der Waals surface area contributed by atoms with E-state index < -0.39 is 28.5 Å². The predicted molar refractivity (Wildman–Crippen MR) is 149 cm³/mol. The van der Waals surface area contributed by atoms with Gasteiger partial charge in [-0.15, -0.1) is 0 Å². The highest BCUT2D eigenvalue weighted by molar-refractivity contribution is 7.92. The average Bonchev–Trinajstić information content (AvgIpc) is 2.92. The molecule has 0 saturated carbocycles. The van der Waals surface area contributed by atoms with Gasteiger partial charge in [0.2, 0.25) is 11.8 Å². The van der Waals surface area contributed by atoms with Crippen LogP contribution in [0.1, 0.15) is 30.5 Å². The van der Waals surface area contributed by atoms with Crippen molar-refractivity contribution in [1.29, 1.82) is 0 Å². The average molecular weight is 538 g/mol. The molecule has 0 saturated heterocycles. The summed E-state index contributed by atoms with van der Waals surface area (Å²) in [6.45, 7) is 7.21. The Labute approximate surface area is 225 Å². The molecule has 3 rings (SSSR count). The highest BCUT2D eigenvalue weighted by Gasteiger charge is 2.33. The molecule has 0 aliphatic rings. The van der Waals surface area contributed by atoms with Gasteiger partial charge in [-0.25, -0.2) is 8.42 Å². The molecule has 3 aromatic carbocycles. The number of nitrogens with one attached hydrogen (secondary N) is 1. The first kappa shape index (κ1) is 28.7. The summed E-state index contributed by atoms with van der Waals surface area (Å²) in [5, 5.41) is 2.76. The predicted octanol–water partition coefficient (Wildman–Crippen LogP) is 4.06. The molecular formula is C29H35N3O5S. The molecule has 1 N–H and O–H groups in total. The number of methoxy groups -OCH3 is 1. The second kappa shape index (κ2) is 12.6. The number of carbonyl (C=O) groups excluding carboxylic acids is 2. The minimum atomic E-state index is -4.09. The van der Waals surface area contributed by atoms with Crippen LogP contribution < -0.4 is 14.4 Å². The molecule has 0 radical (unpaired) electrons. The Hall–Kier alpha value is -3.85. The van der Waals surface area contributed by atoms with E-state index in [1.807, 2.05) is 32.0 Å². The molecule has 3 aromatic rings. The number of hydrogen-bond donors (Lipinski definition) is 1. The van der Waals surface area contributed by atoms with Gasteiger partial charge in [0.25, 0.3) is 10.0 Å². The number of aryl methyl sites for hydroxylation is 1. The Balaban J connectivity index is 2.05. The second-order valence-electron chi connectivity index (χ2n) is 8.98. The number of anilines is 1. The molecule has 38 heavy (non-hydrogen) atoms. The molecular weight excluding hydrogens is 502 g/mol. The van der Waals surface area contributed by atoms with Crippen LogP contribution in [0.15, 0.2) is 77.7 Å². The van der Waals surface area contributed by atoms with E-state index in [9.17, 15) is 18.0 Å². The number of benzene rings is 3. The lowest BCUT2D eigenvalue weighted by Crippen LogP contribution is -2.51. The van der Waals surface area contributed by atoms with E-state index >= 15 is 0 Å². The van der Waals surface area contributed by atoms with E-state index in [1.54, 1.807) is 63.4 Å². The molecule has 0 aromatic heterocycles. The van der Waals surface area contributed by atoms with E-state index in [-0.39, 0.29) is 17.3 Å². The fourth-order valence-corrected chi connectivity index (χ4v) is 5.56. The number of rotatable bonds is 11. The summed E-state index contributed by atoms with van der Waals surface area (Å²) in [6, 6.07) is 19.7. The molecule has 0 fully saturated rings. The van der Waals surface area contributed by atoms with Crippen LogP contribution in [-0.2, 0) is 26.2 Å². The lowest BCUT2D eigenvalue weighted by molar-refractivity contribution is -0.139. The van der Waals surface area contributed by atoms with Crippen molar-refractivity contribution < 1.29 is 22.7 Å². The Morgan fingerprint density at radius 3 is 2.21 bits per heavy atom. The summed E-state index contributed by atoms with van der Waals surface area (Å²) in [5.74, 6) is -0.156. The molecule has 0 aliphatic heterocycles. The summed E-state index contributed by atoms with van der Waals surface area (Å²) < 4.78 is 34.1. The van der Waals surface area contributed by atoms with Crippen molar-refractivity contribution in [2.75, 3.05) is 24.5 Å². The number of amides is 2. The number of sulfonamides is 1. The molecule has 0 aliphatic carbocycles. The van der Waals surface area contributed by atoms with Crippen LogP contribution in [0.2, 0.25) is 0 Å². The van der Waals surface area contributed by atoms with Gasteiger partial charge in [0.1, 0.15) is 18.3 Å². The van der Waals surface area contributed by atoms with Gasteiger partial charge in [-0.1, -0.05) is 42.5 Å². The third-order valence-corrected chi connectivity index (χ3v) is 8.26. The zero-order chi connectivity index (χ0) is 27.9. The van der Waals surface area contributed by atoms with Gasteiger partial charge in [-0.2, -0.15) is 0 Å². The first-order chi connectivity index (χ1) is 18.1. The van der Waals surface area contributed by atoms with E-state index in [4.69, 9.17) is 4.74 Å². The number of likely N-dealkylation sites (N-methyl/N-ethyl adjacent to an activating group) is 1. The lowest BCUT2D eigenvalue weighted by Gasteiger charge is -2.32. The Morgan fingerprint density at radius 1 is 0.947 bits per heavy atom. The molecule has 8 nitrogen and oxygen atoms in total. The molecule has 9 heteroatoms. The fraction of sp³-hybridized carbons (Fsp3) is 0.310. The maximum atomic E-state index is 13.9. The Kier molecular flexibility index (Phi) is 9.52. The zero-order valence-corrected chi connectivity index (χ0v) is 23.3. The quantitative estimate of drug-likeness (QED) is 0.398. The van der Waals surface area contributed by atoms with E-state index in [0.29, 0.717) is 18.0 Å². The number of ether oxygens (including phenoxy) is 1. The second-order valence-corrected chi connectivity index (χ2v) is 10.8. The lowest BCUT2D eigenvalue weighted by atomic mass is 10.1. The maximum Gasteiger partial charge on any atom is 0.264 e. The van der Waals surface area contributed by atoms with E-state index in [1.165, 1.54) is 17.0 Å². The molecule has 202 valence electrons. The van der Waals surface area contributed by atoms with Gasteiger partial charge in [0.05, 0.1) is 17.7 Å². The highest BCUT2D eigenvalue weighted by atomic mass is 32.2. The first-order valence-corrected chi connectivity index (χ1v) is 13.9. The third kappa shape index (κ3) is 6.52. The summed E-state index contributed by atoms with van der Waals surface area (Å²) in [5.41, 5.74) is 2.84. The van der Waals surface area contributed by atoms with Gasteiger partial charge in [0, 0.05) is 13.1 Å². The number of nitrogens with zero attached hydrogens (tertiary/aromatic N) is 2. The summed E-state index contributed by atoms with van der Waals surface area (Å²) in [4.78, 5) is 28.2. The summed E-state index contributed by atoms with van der Waals surface area (Å²) in [7, 11) is -2.52. The van der Waals surface area contributed by atoms with Crippen LogP contribution in [0.4, 0.5) is 5.69 Å². The molecule has 1 atom stereocenters. The molecule has 0 unspecified atom stereocenters. The van der Waals surface area contributed by atoms with Crippen molar-refractivity contribution in [2.24, 2.45) is 0 Å². The zero-order valence-electron chi connectivity index (χ0n) is 22.5. The van der Waals surface area contributed by atoms with Crippen LogP contribution in [0.25, 0.3) is 0 Å². The fourth-order valence-electron chi connectivity index (χ4n) is 4.07. The van der Waals surface area contributed by atoms with Crippen molar-refractivity contribution in [3.8, 4) is 5.75 Å². The number of carbonyl (C=O) groups is 2. The maximum absolute atomic E-state index is 13.9. The topological polar surface area (TPSA) is 96.0 Å². The number of hydrogen-bond acceptors (Lipinski definition) is 5. The van der Waals surface area contributed by atoms with Crippen molar-refractivity contribution in [1.82, 2.24) is 10.2 Å². The molecule has 0 spiro atoms. The molecule has 2 amide bonds. The largest absolute Gasteiger partial charge is 0.497 e. The monoisotopic (exact) mass is 537 g/mol. The van der Waals surface area contributed by atoms with Gasteiger partial charge < -0.3 is 15.0 Å². The molecule has 0 bridgehead atoms. The Bertz CT molecular complexity index is 1360. The standard InChI is InChI=1S/C29H35N3O5S/c1-6-30-29(34)23(4)31(19-24-15-17-25(37-5)18-16-24)28(33)20-32(27-14-10-11-21(2)22(27)3)38(35,36)26-12-8-7-9-13-26/h7-18,23H,6,19-20H2,1-5H3,(H,30,34)/t23-/m1/s1. The van der Waals surface area contributed by atoms with Crippen molar-refractivity contribution in [3.05, 3.63) is 89.5 Å². The van der Waals surface area contributed by atoms with E-state index in [0.717, 1.165) is 21.0 Å². The summed E-state index contributed by atoms with van der Waals surface area (Å²) >= 11 is 0. The Morgan fingerprint density at radius 2 is 1.61 bits per heavy atom. The van der Waals surface area contributed by atoms with Gasteiger partial charge in [-0.3, -0.25) is 13.9 Å².